The molecule has 144 valence electrons. The molecule has 0 saturated heterocycles. The average Bonchev–Trinajstić information content (AvgIpc) is 2.70. The molecule has 26 heavy (non-hydrogen) atoms. The third kappa shape index (κ3) is 4.42. The van der Waals surface area contributed by atoms with Gasteiger partial charge in [-0.2, -0.15) is 0 Å². The van der Waals surface area contributed by atoms with E-state index in [0.717, 1.165) is 5.75 Å². The summed E-state index contributed by atoms with van der Waals surface area (Å²) in [6.45, 7) is 4.59. The molecule has 2 aliphatic carbocycles. The third-order valence-corrected chi connectivity index (χ3v) is 6.53. The molecule has 0 aromatic heterocycles. The zero-order valence-corrected chi connectivity index (χ0v) is 16.5. The van der Waals surface area contributed by atoms with E-state index >= 15 is 0 Å². The molecule has 0 radical (unpaired) electrons. The largest absolute Gasteiger partial charge is 0.487 e. The molecule has 0 bridgehead atoms. The van der Waals surface area contributed by atoms with Crippen LogP contribution in [0.3, 0.4) is 0 Å². The van der Waals surface area contributed by atoms with Gasteiger partial charge in [-0.05, 0) is 75.6 Å². The second-order valence-corrected chi connectivity index (χ2v) is 8.20. The van der Waals surface area contributed by atoms with Crippen LogP contribution < -0.4 is 4.74 Å². The topological polar surface area (TPSA) is 35.5 Å². The lowest BCUT2D eigenvalue weighted by Gasteiger charge is -2.46. The van der Waals surface area contributed by atoms with Crippen LogP contribution in [0.1, 0.15) is 88.4 Å². The van der Waals surface area contributed by atoms with Crippen LogP contribution in [-0.2, 0) is 4.74 Å². The fourth-order valence-electron chi connectivity index (χ4n) is 4.98. The highest BCUT2D eigenvalue weighted by atomic mass is 16.5. The Morgan fingerprint density at radius 3 is 1.88 bits per heavy atom. The number of benzene rings is 1. The first-order chi connectivity index (χ1) is 12.6. The second-order valence-electron chi connectivity index (χ2n) is 8.20. The third-order valence-electron chi connectivity index (χ3n) is 6.53. The van der Waals surface area contributed by atoms with Gasteiger partial charge in [-0.1, -0.05) is 38.5 Å². The minimum absolute atomic E-state index is 0.0910. The van der Waals surface area contributed by atoms with Crippen molar-refractivity contribution in [2.24, 2.45) is 11.8 Å². The zero-order chi connectivity index (χ0) is 18.4. The number of ether oxygens (including phenoxy) is 2. The van der Waals surface area contributed by atoms with E-state index in [0.29, 0.717) is 24.0 Å². The minimum Gasteiger partial charge on any atom is -0.487 e. The van der Waals surface area contributed by atoms with Crippen molar-refractivity contribution in [1.29, 1.82) is 0 Å². The molecule has 0 N–H and O–H groups in total. The van der Waals surface area contributed by atoms with E-state index in [1.54, 1.807) is 0 Å². The molecule has 2 aliphatic rings. The van der Waals surface area contributed by atoms with Crippen LogP contribution in [0.4, 0.5) is 0 Å². The number of hydrogen-bond acceptors (Lipinski definition) is 3. The molecule has 0 heterocycles. The highest BCUT2D eigenvalue weighted by Gasteiger charge is 2.44. The summed E-state index contributed by atoms with van der Waals surface area (Å²) in [4.78, 5) is 11.9. The van der Waals surface area contributed by atoms with Crippen molar-refractivity contribution in [2.75, 3.05) is 6.61 Å². The van der Waals surface area contributed by atoms with Gasteiger partial charge < -0.3 is 9.47 Å². The molecular formula is C23H34O3. The van der Waals surface area contributed by atoms with Crippen LogP contribution in [-0.4, -0.2) is 18.2 Å². The molecule has 0 unspecified atom stereocenters. The van der Waals surface area contributed by atoms with E-state index < -0.39 is 0 Å². The first-order valence-electron chi connectivity index (χ1n) is 10.6. The van der Waals surface area contributed by atoms with Crippen molar-refractivity contribution in [3.63, 3.8) is 0 Å². The van der Waals surface area contributed by atoms with E-state index in [1.807, 2.05) is 31.2 Å². The SMILES string of the molecule is CCOC(=O)c1ccc(OC(C)(C2CCCCC2)C2CCCCC2)cc1. The molecule has 3 nitrogen and oxygen atoms in total. The standard InChI is InChI=1S/C23H34O3/c1-3-25-22(24)18-14-16-21(17-15-18)26-23(2,19-10-6-4-7-11-19)20-12-8-5-9-13-20/h14-17,19-20H,3-13H2,1-2H3. The molecule has 2 saturated carbocycles. The van der Waals surface area contributed by atoms with Crippen LogP contribution in [0, 0.1) is 11.8 Å². The van der Waals surface area contributed by atoms with Gasteiger partial charge in [-0.25, -0.2) is 4.79 Å². The Bertz CT molecular complexity index is 548. The van der Waals surface area contributed by atoms with Gasteiger partial charge in [0.25, 0.3) is 0 Å². The summed E-state index contributed by atoms with van der Waals surface area (Å²) in [5, 5.41) is 0. The van der Waals surface area contributed by atoms with Gasteiger partial charge in [0.1, 0.15) is 11.4 Å². The summed E-state index contributed by atoms with van der Waals surface area (Å²) in [6, 6.07) is 7.54. The van der Waals surface area contributed by atoms with Crippen LogP contribution in [0.25, 0.3) is 0 Å². The summed E-state index contributed by atoms with van der Waals surface area (Å²) in [7, 11) is 0. The summed E-state index contributed by atoms with van der Waals surface area (Å²) in [6.07, 6.45) is 13.2. The molecule has 1 aromatic rings. The Labute approximate surface area is 158 Å². The van der Waals surface area contributed by atoms with Gasteiger partial charge in [-0.3, -0.25) is 0 Å². The lowest BCUT2D eigenvalue weighted by molar-refractivity contribution is -0.0545. The molecule has 0 aliphatic heterocycles. The maximum Gasteiger partial charge on any atom is 0.338 e. The van der Waals surface area contributed by atoms with Crippen LogP contribution >= 0.6 is 0 Å². The number of esters is 1. The van der Waals surface area contributed by atoms with Gasteiger partial charge in [0, 0.05) is 0 Å². The Morgan fingerprint density at radius 1 is 0.923 bits per heavy atom. The summed E-state index contributed by atoms with van der Waals surface area (Å²) in [5.74, 6) is 1.91. The Balaban J connectivity index is 1.77. The number of carbonyl (C=O) groups excluding carboxylic acids is 1. The lowest BCUT2D eigenvalue weighted by atomic mass is 9.67. The van der Waals surface area contributed by atoms with E-state index in [9.17, 15) is 4.79 Å². The number of rotatable bonds is 6. The predicted octanol–water partition coefficient (Wildman–Crippen LogP) is 6.16. The van der Waals surface area contributed by atoms with E-state index in [4.69, 9.17) is 9.47 Å². The van der Waals surface area contributed by atoms with Gasteiger partial charge in [-0.15, -0.1) is 0 Å². The molecule has 1 aromatic carbocycles. The van der Waals surface area contributed by atoms with Crippen LogP contribution in [0.2, 0.25) is 0 Å². The Hall–Kier alpha value is -1.51. The Morgan fingerprint density at radius 2 is 1.42 bits per heavy atom. The highest BCUT2D eigenvalue weighted by molar-refractivity contribution is 5.89. The average molecular weight is 359 g/mol. The van der Waals surface area contributed by atoms with E-state index in [1.165, 1.54) is 64.2 Å². The van der Waals surface area contributed by atoms with Crippen molar-refractivity contribution < 1.29 is 14.3 Å². The Kier molecular flexibility index (Phi) is 6.61. The van der Waals surface area contributed by atoms with E-state index in [-0.39, 0.29) is 11.6 Å². The molecule has 2 fully saturated rings. The maximum atomic E-state index is 11.9. The molecule has 3 heteroatoms. The van der Waals surface area contributed by atoms with Gasteiger partial charge in [0.2, 0.25) is 0 Å². The fraction of sp³-hybridized carbons (Fsp3) is 0.696. The van der Waals surface area contributed by atoms with Crippen molar-refractivity contribution in [2.45, 2.75) is 83.7 Å². The second kappa shape index (κ2) is 8.92. The number of carbonyl (C=O) groups is 1. The molecule has 0 amide bonds. The normalized spacial score (nSPS) is 19.9. The summed E-state index contributed by atoms with van der Waals surface area (Å²) >= 11 is 0. The van der Waals surface area contributed by atoms with Crippen LogP contribution in [0.15, 0.2) is 24.3 Å². The smallest absolute Gasteiger partial charge is 0.338 e. The van der Waals surface area contributed by atoms with Gasteiger partial charge in [0.05, 0.1) is 12.2 Å². The fourth-order valence-corrected chi connectivity index (χ4v) is 4.98. The maximum absolute atomic E-state index is 11.9. The van der Waals surface area contributed by atoms with Crippen molar-refractivity contribution >= 4 is 5.97 Å². The quantitative estimate of drug-likeness (QED) is 0.571. The summed E-state index contributed by atoms with van der Waals surface area (Å²) in [5.41, 5.74) is 0.503. The van der Waals surface area contributed by atoms with Crippen molar-refractivity contribution in [1.82, 2.24) is 0 Å². The van der Waals surface area contributed by atoms with Crippen molar-refractivity contribution in [3.05, 3.63) is 29.8 Å². The molecular weight excluding hydrogens is 324 g/mol. The first-order valence-corrected chi connectivity index (χ1v) is 10.6. The number of hydrogen-bond donors (Lipinski definition) is 0. The van der Waals surface area contributed by atoms with Gasteiger partial charge >= 0.3 is 5.97 Å². The van der Waals surface area contributed by atoms with Gasteiger partial charge in [0.15, 0.2) is 0 Å². The predicted molar refractivity (Wildman–Crippen MR) is 105 cm³/mol. The lowest BCUT2D eigenvalue weighted by Crippen LogP contribution is -2.49. The molecule has 3 rings (SSSR count). The van der Waals surface area contributed by atoms with Crippen LogP contribution in [0.5, 0.6) is 5.75 Å². The minimum atomic E-state index is -0.263. The first kappa shape index (κ1) is 19.3. The molecule has 0 spiro atoms. The van der Waals surface area contributed by atoms with Crippen molar-refractivity contribution in [3.8, 4) is 5.75 Å². The monoisotopic (exact) mass is 358 g/mol. The summed E-state index contributed by atoms with van der Waals surface area (Å²) < 4.78 is 11.8. The van der Waals surface area contributed by atoms with E-state index in [2.05, 4.69) is 6.92 Å². The highest BCUT2D eigenvalue weighted by Crippen LogP contribution is 2.45. The zero-order valence-electron chi connectivity index (χ0n) is 16.5. The molecule has 0 atom stereocenters.